The van der Waals surface area contributed by atoms with E-state index in [1.165, 1.54) is 0 Å². The Hall–Kier alpha value is -2.04. The van der Waals surface area contributed by atoms with Gasteiger partial charge in [-0.1, -0.05) is 42.8 Å². The molecule has 126 valence electrons. The molecule has 24 heavy (non-hydrogen) atoms. The molecule has 1 aliphatic rings. The first-order chi connectivity index (χ1) is 11.6. The standard InChI is InChI=1S/C19H21ClN2O2/c1-3-17-12-24-18(14-7-9-15(20)10-8-14)22(17)19(23)21-16-6-4-5-13(2)11-16/h4-11,17-18H,3,12H2,1-2H3,(H,21,23). The fourth-order valence-corrected chi connectivity index (χ4v) is 3.06. The van der Waals surface area contributed by atoms with E-state index in [1.807, 2.05) is 55.5 Å². The molecule has 1 heterocycles. The van der Waals surface area contributed by atoms with E-state index in [9.17, 15) is 4.79 Å². The molecule has 1 aliphatic heterocycles. The van der Waals surface area contributed by atoms with Crippen LogP contribution in [-0.2, 0) is 4.74 Å². The zero-order valence-corrected chi connectivity index (χ0v) is 14.6. The van der Waals surface area contributed by atoms with Gasteiger partial charge in [-0.3, -0.25) is 4.90 Å². The minimum Gasteiger partial charge on any atom is -0.352 e. The average molecular weight is 345 g/mol. The molecule has 2 atom stereocenters. The lowest BCUT2D eigenvalue weighted by atomic mass is 10.1. The monoisotopic (exact) mass is 344 g/mol. The summed E-state index contributed by atoms with van der Waals surface area (Å²) in [5.74, 6) is 0. The van der Waals surface area contributed by atoms with Crippen molar-refractivity contribution in [3.8, 4) is 0 Å². The summed E-state index contributed by atoms with van der Waals surface area (Å²) in [7, 11) is 0. The quantitative estimate of drug-likeness (QED) is 0.852. The molecule has 2 unspecified atom stereocenters. The first kappa shape index (κ1) is 16.8. The van der Waals surface area contributed by atoms with Crippen LogP contribution in [-0.4, -0.2) is 23.6 Å². The Labute approximate surface area is 147 Å². The Morgan fingerprint density at radius 2 is 2.04 bits per heavy atom. The van der Waals surface area contributed by atoms with Crippen molar-refractivity contribution in [3.05, 3.63) is 64.7 Å². The van der Waals surface area contributed by atoms with Crippen molar-refractivity contribution in [2.24, 2.45) is 0 Å². The third-order valence-corrected chi connectivity index (χ3v) is 4.47. The highest BCUT2D eigenvalue weighted by Crippen LogP contribution is 2.33. The van der Waals surface area contributed by atoms with Gasteiger partial charge in [0.05, 0.1) is 12.6 Å². The summed E-state index contributed by atoms with van der Waals surface area (Å²) in [6.07, 6.45) is 0.447. The maximum atomic E-state index is 12.9. The fraction of sp³-hybridized carbons (Fsp3) is 0.316. The molecule has 4 nitrogen and oxygen atoms in total. The molecule has 0 bridgehead atoms. The van der Waals surface area contributed by atoms with Gasteiger partial charge in [0.25, 0.3) is 0 Å². The minimum atomic E-state index is -0.392. The summed E-state index contributed by atoms with van der Waals surface area (Å²) in [6, 6.07) is 15.1. The topological polar surface area (TPSA) is 41.6 Å². The van der Waals surface area contributed by atoms with Crippen LogP contribution in [0.1, 0.15) is 30.7 Å². The number of benzene rings is 2. The largest absolute Gasteiger partial charge is 0.352 e. The van der Waals surface area contributed by atoms with Gasteiger partial charge in [-0.25, -0.2) is 4.79 Å². The summed E-state index contributed by atoms with van der Waals surface area (Å²) in [6.45, 7) is 4.59. The number of nitrogens with zero attached hydrogens (tertiary/aromatic N) is 1. The molecule has 0 aromatic heterocycles. The van der Waals surface area contributed by atoms with Crippen molar-refractivity contribution in [2.45, 2.75) is 32.5 Å². The van der Waals surface area contributed by atoms with E-state index in [0.29, 0.717) is 11.6 Å². The first-order valence-corrected chi connectivity index (χ1v) is 8.49. The summed E-state index contributed by atoms with van der Waals surface area (Å²) in [4.78, 5) is 14.6. The van der Waals surface area contributed by atoms with Crippen LogP contribution in [0.15, 0.2) is 48.5 Å². The first-order valence-electron chi connectivity index (χ1n) is 8.11. The van der Waals surface area contributed by atoms with Gasteiger partial charge in [-0.2, -0.15) is 0 Å². The van der Waals surface area contributed by atoms with Crippen LogP contribution in [0.25, 0.3) is 0 Å². The summed E-state index contributed by atoms with van der Waals surface area (Å²) < 4.78 is 5.90. The van der Waals surface area contributed by atoms with E-state index in [1.54, 1.807) is 4.90 Å². The van der Waals surface area contributed by atoms with Gasteiger partial charge < -0.3 is 10.1 Å². The number of aryl methyl sites for hydroxylation is 1. The van der Waals surface area contributed by atoms with E-state index in [-0.39, 0.29) is 12.1 Å². The van der Waals surface area contributed by atoms with Gasteiger partial charge in [0, 0.05) is 16.3 Å². The second kappa shape index (κ2) is 7.24. The number of nitrogens with one attached hydrogen (secondary N) is 1. The molecular formula is C19H21ClN2O2. The number of ether oxygens (including phenoxy) is 1. The van der Waals surface area contributed by atoms with Crippen molar-refractivity contribution in [2.75, 3.05) is 11.9 Å². The number of carbonyl (C=O) groups is 1. The number of rotatable bonds is 3. The van der Waals surface area contributed by atoms with Crippen molar-refractivity contribution in [3.63, 3.8) is 0 Å². The van der Waals surface area contributed by atoms with Crippen molar-refractivity contribution in [1.29, 1.82) is 0 Å². The van der Waals surface area contributed by atoms with E-state index < -0.39 is 6.23 Å². The Morgan fingerprint density at radius 3 is 2.71 bits per heavy atom. The molecule has 0 aliphatic carbocycles. The van der Waals surface area contributed by atoms with Crippen molar-refractivity contribution in [1.82, 2.24) is 4.90 Å². The van der Waals surface area contributed by atoms with E-state index >= 15 is 0 Å². The molecular weight excluding hydrogens is 324 g/mol. The van der Waals surface area contributed by atoms with Crippen LogP contribution in [0.5, 0.6) is 0 Å². The minimum absolute atomic E-state index is 0.0514. The molecule has 1 saturated heterocycles. The fourth-order valence-electron chi connectivity index (χ4n) is 2.94. The normalized spacial score (nSPS) is 20.2. The lowest BCUT2D eigenvalue weighted by Gasteiger charge is -2.28. The van der Waals surface area contributed by atoms with E-state index in [2.05, 4.69) is 12.2 Å². The van der Waals surface area contributed by atoms with Gasteiger partial charge in [-0.15, -0.1) is 0 Å². The molecule has 1 fully saturated rings. The van der Waals surface area contributed by atoms with Crippen LogP contribution in [0.2, 0.25) is 5.02 Å². The Kier molecular flexibility index (Phi) is 5.07. The number of urea groups is 1. The second-order valence-corrected chi connectivity index (χ2v) is 6.44. The third-order valence-electron chi connectivity index (χ3n) is 4.22. The zero-order valence-electron chi connectivity index (χ0n) is 13.8. The number of amides is 2. The van der Waals surface area contributed by atoms with Gasteiger partial charge in [0.1, 0.15) is 0 Å². The number of hydrogen-bond donors (Lipinski definition) is 1. The van der Waals surface area contributed by atoms with Gasteiger partial charge >= 0.3 is 6.03 Å². The predicted molar refractivity (Wildman–Crippen MR) is 96.3 cm³/mol. The third kappa shape index (κ3) is 3.55. The van der Waals surface area contributed by atoms with E-state index in [4.69, 9.17) is 16.3 Å². The van der Waals surface area contributed by atoms with Crippen molar-refractivity contribution >= 4 is 23.3 Å². The van der Waals surface area contributed by atoms with Crippen molar-refractivity contribution < 1.29 is 9.53 Å². The van der Waals surface area contributed by atoms with Crippen LogP contribution >= 0.6 is 11.6 Å². The molecule has 2 aromatic carbocycles. The molecule has 2 aromatic rings. The smallest absolute Gasteiger partial charge is 0.324 e. The van der Waals surface area contributed by atoms with Gasteiger partial charge in [-0.05, 0) is 43.2 Å². The Bertz CT molecular complexity index is 718. The lowest BCUT2D eigenvalue weighted by molar-refractivity contribution is 0.0509. The highest BCUT2D eigenvalue weighted by atomic mass is 35.5. The maximum Gasteiger partial charge on any atom is 0.324 e. The lowest BCUT2D eigenvalue weighted by Crippen LogP contribution is -2.40. The summed E-state index contributed by atoms with van der Waals surface area (Å²) in [5, 5.41) is 3.65. The number of carbonyl (C=O) groups excluding carboxylic acids is 1. The Morgan fingerprint density at radius 1 is 1.29 bits per heavy atom. The molecule has 0 saturated carbocycles. The number of halogens is 1. The number of hydrogen-bond acceptors (Lipinski definition) is 2. The van der Waals surface area contributed by atoms with Crippen LogP contribution in [0.4, 0.5) is 10.5 Å². The molecule has 3 rings (SSSR count). The van der Waals surface area contributed by atoms with E-state index in [0.717, 1.165) is 23.2 Å². The van der Waals surface area contributed by atoms with Crippen LogP contribution in [0.3, 0.4) is 0 Å². The van der Waals surface area contributed by atoms with Crippen LogP contribution in [0, 0.1) is 6.92 Å². The average Bonchev–Trinajstić information content (AvgIpc) is 2.99. The highest BCUT2D eigenvalue weighted by molar-refractivity contribution is 6.30. The summed E-state index contributed by atoms with van der Waals surface area (Å²) in [5.41, 5.74) is 2.82. The molecule has 0 spiro atoms. The summed E-state index contributed by atoms with van der Waals surface area (Å²) >= 11 is 5.96. The number of anilines is 1. The van der Waals surface area contributed by atoms with Gasteiger partial charge in [0.15, 0.2) is 6.23 Å². The molecule has 5 heteroatoms. The molecule has 2 amide bonds. The molecule has 0 radical (unpaired) electrons. The predicted octanol–water partition coefficient (Wildman–Crippen LogP) is 4.99. The van der Waals surface area contributed by atoms with Gasteiger partial charge in [0.2, 0.25) is 0 Å². The maximum absolute atomic E-state index is 12.9. The SMILES string of the molecule is CCC1COC(c2ccc(Cl)cc2)N1C(=O)Nc1cccc(C)c1. The second-order valence-electron chi connectivity index (χ2n) is 6.01. The van der Waals surface area contributed by atoms with Crippen LogP contribution < -0.4 is 5.32 Å². The zero-order chi connectivity index (χ0) is 17.1. The Balaban J connectivity index is 1.83. The highest BCUT2D eigenvalue weighted by Gasteiger charge is 2.37. The molecule has 1 N–H and O–H groups in total.